The number of anilines is 1. The quantitative estimate of drug-likeness (QED) is 0.531. The first-order valence-electron chi connectivity index (χ1n) is 8.02. The van der Waals surface area contributed by atoms with Crippen molar-refractivity contribution in [2.75, 3.05) is 5.32 Å². The third-order valence-corrected chi connectivity index (χ3v) is 4.86. The number of benzene rings is 3. The highest BCUT2D eigenvalue weighted by Gasteiger charge is 2.12. The Morgan fingerprint density at radius 3 is 2.52 bits per heavy atom. The van der Waals surface area contributed by atoms with Crippen LogP contribution < -0.4 is 5.32 Å². The van der Waals surface area contributed by atoms with Crippen LogP contribution in [0, 0.1) is 6.92 Å². The smallest absolute Gasteiger partial charge is 0.255 e. The molecule has 0 aliphatic carbocycles. The lowest BCUT2D eigenvalue weighted by molar-refractivity contribution is 0.102. The first-order chi connectivity index (χ1) is 12.2. The molecular weight excluding hydrogens is 328 g/mol. The zero-order chi connectivity index (χ0) is 17.2. The number of carbonyl (C=O) groups is 1. The van der Waals surface area contributed by atoms with Crippen LogP contribution in [0.2, 0.25) is 0 Å². The van der Waals surface area contributed by atoms with Crippen molar-refractivity contribution in [2.45, 2.75) is 6.92 Å². The molecule has 3 aromatic carbocycles. The number of rotatable bonds is 3. The van der Waals surface area contributed by atoms with Gasteiger partial charge in [-0.1, -0.05) is 48.5 Å². The molecule has 0 radical (unpaired) electrons. The van der Waals surface area contributed by atoms with Crippen molar-refractivity contribution in [3.8, 4) is 11.3 Å². The van der Waals surface area contributed by atoms with Crippen LogP contribution in [0.15, 0.2) is 72.1 Å². The molecule has 0 aliphatic heterocycles. The minimum Gasteiger partial charge on any atom is -0.321 e. The summed E-state index contributed by atoms with van der Waals surface area (Å²) in [4.78, 5) is 17.2. The zero-order valence-corrected chi connectivity index (χ0v) is 14.5. The number of carbonyl (C=O) groups excluding carboxylic acids is 1. The van der Waals surface area contributed by atoms with Crippen LogP contribution in [0.3, 0.4) is 0 Å². The van der Waals surface area contributed by atoms with Crippen molar-refractivity contribution < 1.29 is 4.79 Å². The van der Waals surface area contributed by atoms with Crippen LogP contribution >= 0.6 is 11.3 Å². The van der Waals surface area contributed by atoms with E-state index in [1.165, 1.54) is 0 Å². The van der Waals surface area contributed by atoms with E-state index in [-0.39, 0.29) is 5.91 Å². The van der Waals surface area contributed by atoms with Crippen LogP contribution in [0.1, 0.15) is 15.4 Å². The van der Waals surface area contributed by atoms with E-state index in [4.69, 9.17) is 0 Å². The number of hydrogen-bond acceptors (Lipinski definition) is 3. The third-order valence-electron chi connectivity index (χ3n) is 4.08. The normalized spacial score (nSPS) is 10.8. The number of fused-ring (bicyclic) bond motifs is 1. The van der Waals surface area contributed by atoms with E-state index in [0.717, 1.165) is 32.7 Å². The second kappa shape index (κ2) is 6.49. The number of amides is 1. The molecule has 0 bridgehead atoms. The summed E-state index contributed by atoms with van der Waals surface area (Å²) in [6, 6.07) is 21.5. The van der Waals surface area contributed by atoms with E-state index in [9.17, 15) is 4.79 Å². The number of aromatic nitrogens is 1. The largest absolute Gasteiger partial charge is 0.321 e. The number of hydrogen-bond donors (Lipinski definition) is 1. The Hall–Kier alpha value is -2.98. The van der Waals surface area contributed by atoms with Gasteiger partial charge in [0, 0.05) is 16.5 Å². The molecule has 4 aromatic rings. The molecule has 3 nitrogen and oxygen atoms in total. The molecule has 0 saturated heterocycles. The van der Waals surface area contributed by atoms with Crippen molar-refractivity contribution in [2.24, 2.45) is 0 Å². The van der Waals surface area contributed by atoms with Gasteiger partial charge in [-0.15, -0.1) is 11.3 Å². The Morgan fingerprint density at radius 2 is 1.72 bits per heavy atom. The van der Waals surface area contributed by atoms with Crippen molar-refractivity contribution in [3.63, 3.8) is 0 Å². The predicted octanol–water partition coefficient (Wildman–Crippen LogP) is 5.52. The number of thiazole rings is 1. The van der Waals surface area contributed by atoms with E-state index in [2.05, 4.69) is 10.3 Å². The second-order valence-electron chi connectivity index (χ2n) is 5.81. The van der Waals surface area contributed by atoms with Gasteiger partial charge in [0.15, 0.2) is 0 Å². The van der Waals surface area contributed by atoms with Gasteiger partial charge in [-0.2, -0.15) is 0 Å². The monoisotopic (exact) mass is 344 g/mol. The fourth-order valence-corrected chi connectivity index (χ4v) is 3.44. The van der Waals surface area contributed by atoms with Crippen molar-refractivity contribution in [3.05, 3.63) is 82.7 Å². The van der Waals surface area contributed by atoms with Gasteiger partial charge in [-0.3, -0.25) is 4.79 Å². The van der Waals surface area contributed by atoms with E-state index in [1.807, 2.05) is 79.0 Å². The van der Waals surface area contributed by atoms with Gasteiger partial charge in [-0.05, 0) is 35.9 Å². The Kier molecular flexibility index (Phi) is 4.04. The molecule has 4 rings (SSSR count). The average molecular weight is 344 g/mol. The van der Waals surface area contributed by atoms with Gasteiger partial charge in [0.25, 0.3) is 5.91 Å². The summed E-state index contributed by atoms with van der Waals surface area (Å²) < 4.78 is 0. The molecule has 1 aromatic heterocycles. The first kappa shape index (κ1) is 15.5. The average Bonchev–Trinajstić information content (AvgIpc) is 3.08. The highest BCUT2D eigenvalue weighted by atomic mass is 32.1. The fourth-order valence-electron chi connectivity index (χ4n) is 2.83. The summed E-state index contributed by atoms with van der Waals surface area (Å²) in [6.45, 7) is 1.98. The number of nitrogens with one attached hydrogen (secondary N) is 1. The molecule has 25 heavy (non-hydrogen) atoms. The molecule has 0 fully saturated rings. The van der Waals surface area contributed by atoms with Gasteiger partial charge in [-0.25, -0.2) is 4.98 Å². The summed E-state index contributed by atoms with van der Waals surface area (Å²) in [5, 5.41) is 8.22. The van der Waals surface area contributed by atoms with Gasteiger partial charge in [0.2, 0.25) is 0 Å². The molecule has 0 spiro atoms. The van der Waals surface area contributed by atoms with Crippen LogP contribution in [0.25, 0.3) is 22.0 Å². The van der Waals surface area contributed by atoms with Gasteiger partial charge in [0.05, 0.1) is 16.4 Å². The summed E-state index contributed by atoms with van der Waals surface area (Å²) in [6.07, 6.45) is 0. The number of aryl methyl sites for hydroxylation is 1. The van der Waals surface area contributed by atoms with E-state index in [1.54, 1.807) is 11.3 Å². The molecule has 0 unspecified atom stereocenters. The summed E-state index contributed by atoms with van der Waals surface area (Å²) in [5.74, 6) is -0.120. The molecule has 1 heterocycles. The van der Waals surface area contributed by atoms with Gasteiger partial charge < -0.3 is 5.32 Å². The van der Waals surface area contributed by atoms with Crippen molar-refractivity contribution >= 4 is 33.7 Å². The Morgan fingerprint density at radius 1 is 0.960 bits per heavy atom. The second-order valence-corrected chi connectivity index (χ2v) is 6.88. The number of nitrogens with zero attached hydrogens (tertiary/aromatic N) is 1. The van der Waals surface area contributed by atoms with Crippen LogP contribution in [0.5, 0.6) is 0 Å². The van der Waals surface area contributed by atoms with Gasteiger partial charge >= 0.3 is 0 Å². The zero-order valence-electron chi connectivity index (χ0n) is 13.7. The fraction of sp³-hybridized carbons (Fsp3) is 0.0476. The standard InChI is InChI=1S/C21H16N2OS/c1-14-22-20(13-25-14)18-8-4-5-9-19(18)23-21(24)17-11-10-15-6-2-3-7-16(15)12-17/h2-13H,1H3,(H,23,24). The lowest BCUT2D eigenvalue weighted by atomic mass is 10.1. The maximum atomic E-state index is 12.7. The molecule has 0 atom stereocenters. The Labute approximate surface area is 150 Å². The molecule has 4 heteroatoms. The highest BCUT2D eigenvalue weighted by molar-refractivity contribution is 7.09. The topological polar surface area (TPSA) is 42.0 Å². The maximum Gasteiger partial charge on any atom is 0.255 e. The maximum absolute atomic E-state index is 12.7. The van der Waals surface area contributed by atoms with Crippen molar-refractivity contribution in [1.82, 2.24) is 4.98 Å². The van der Waals surface area contributed by atoms with E-state index in [0.29, 0.717) is 5.56 Å². The molecule has 0 saturated carbocycles. The van der Waals surface area contributed by atoms with E-state index >= 15 is 0 Å². The summed E-state index contributed by atoms with van der Waals surface area (Å²) in [5.41, 5.74) is 3.23. The lowest BCUT2D eigenvalue weighted by Gasteiger charge is -2.10. The Bertz CT molecular complexity index is 1070. The van der Waals surface area contributed by atoms with Crippen LogP contribution in [-0.4, -0.2) is 10.9 Å². The third kappa shape index (κ3) is 3.16. The minimum absolute atomic E-state index is 0.120. The molecule has 0 aliphatic rings. The van der Waals surface area contributed by atoms with E-state index < -0.39 is 0 Å². The predicted molar refractivity (Wildman–Crippen MR) is 104 cm³/mol. The molecule has 122 valence electrons. The minimum atomic E-state index is -0.120. The summed E-state index contributed by atoms with van der Waals surface area (Å²) >= 11 is 1.60. The van der Waals surface area contributed by atoms with Gasteiger partial charge in [0.1, 0.15) is 0 Å². The molecular formula is C21H16N2OS. The molecule has 1 amide bonds. The number of para-hydroxylation sites is 1. The van der Waals surface area contributed by atoms with Crippen molar-refractivity contribution in [1.29, 1.82) is 0 Å². The SMILES string of the molecule is Cc1nc(-c2ccccc2NC(=O)c2ccc3ccccc3c2)cs1. The Balaban J connectivity index is 1.66. The molecule has 1 N–H and O–H groups in total. The first-order valence-corrected chi connectivity index (χ1v) is 8.90. The van der Waals surface area contributed by atoms with Crippen LogP contribution in [0.4, 0.5) is 5.69 Å². The van der Waals surface area contributed by atoms with Crippen LogP contribution in [-0.2, 0) is 0 Å². The highest BCUT2D eigenvalue weighted by Crippen LogP contribution is 2.29. The summed E-state index contributed by atoms with van der Waals surface area (Å²) in [7, 11) is 0. The lowest BCUT2D eigenvalue weighted by Crippen LogP contribution is -2.12.